The minimum Gasteiger partial charge on any atom is -0.489 e. The fraction of sp³-hybridized carbons (Fsp3) is 0.0417. The summed E-state index contributed by atoms with van der Waals surface area (Å²) in [5, 5.41) is 21.3. The average Bonchev–Trinajstić information content (AvgIpc) is 2.78. The molecule has 0 aliphatic carbocycles. The van der Waals surface area contributed by atoms with E-state index in [1.54, 1.807) is 36.4 Å². The van der Waals surface area contributed by atoms with E-state index in [0.29, 0.717) is 11.3 Å². The van der Waals surface area contributed by atoms with Gasteiger partial charge in [0.25, 0.3) is 5.91 Å². The van der Waals surface area contributed by atoms with E-state index in [1.807, 2.05) is 6.07 Å². The summed E-state index contributed by atoms with van der Waals surface area (Å²) < 4.78 is 19.4. The van der Waals surface area contributed by atoms with Gasteiger partial charge in [-0.15, -0.1) is 0 Å². The second kappa shape index (κ2) is 10.2. The van der Waals surface area contributed by atoms with Gasteiger partial charge >= 0.3 is 5.97 Å². The first-order valence-electron chi connectivity index (χ1n) is 9.30. The summed E-state index contributed by atoms with van der Waals surface area (Å²) in [5.41, 5.74) is 0.566. The predicted octanol–water partition coefficient (Wildman–Crippen LogP) is 5.30. The predicted molar refractivity (Wildman–Crippen MR) is 118 cm³/mol. The molecule has 3 aromatic carbocycles. The fourth-order valence-electron chi connectivity index (χ4n) is 2.77. The number of rotatable bonds is 7. The molecule has 0 heterocycles. The highest BCUT2D eigenvalue weighted by Crippen LogP contribution is 2.22. The number of nitrogens with one attached hydrogen (secondary N) is 1. The number of anilines is 1. The molecule has 0 spiro atoms. The van der Waals surface area contributed by atoms with Gasteiger partial charge in [0.15, 0.2) is 0 Å². The Morgan fingerprint density at radius 2 is 1.81 bits per heavy atom. The van der Waals surface area contributed by atoms with E-state index in [9.17, 15) is 24.3 Å². The average molecular weight is 451 g/mol. The number of aromatic carboxylic acids is 1. The molecule has 6 nitrogen and oxygen atoms in total. The fourth-order valence-corrected chi connectivity index (χ4v) is 2.99. The van der Waals surface area contributed by atoms with E-state index in [2.05, 4.69) is 5.32 Å². The van der Waals surface area contributed by atoms with Crippen LogP contribution in [-0.2, 0) is 11.4 Å². The molecule has 0 bridgehead atoms. The van der Waals surface area contributed by atoms with Gasteiger partial charge in [0.2, 0.25) is 0 Å². The highest BCUT2D eigenvalue weighted by molar-refractivity contribution is 6.31. The molecule has 2 N–H and O–H groups in total. The first-order chi connectivity index (χ1) is 15.4. The van der Waals surface area contributed by atoms with Gasteiger partial charge in [-0.05, 0) is 48.0 Å². The van der Waals surface area contributed by atoms with Crippen molar-refractivity contribution in [3.63, 3.8) is 0 Å². The van der Waals surface area contributed by atoms with E-state index in [4.69, 9.17) is 16.3 Å². The summed E-state index contributed by atoms with van der Waals surface area (Å²) in [4.78, 5) is 23.7. The number of hydrogen-bond acceptors (Lipinski definition) is 4. The number of hydrogen-bond donors (Lipinski definition) is 2. The van der Waals surface area contributed by atoms with Crippen LogP contribution in [0.1, 0.15) is 21.5 Å². The third-order valence-corrected chi connectivity index (χ3v) is 4.76. The Labute approximate surface area is 188 Å². The Kier molecular flexibility index (Phi) is 7.21. The number of carbonyl (C=O) groups is 2. The number of carbonyl (C=O) groups excluding carboxylic acids is 1. The highest BCUT2D eigenvalue weighted by atomic mass is 35.5. The number of halogens is 2. The van der Waals surface area contributed by atoms with Crippen molar-refractivity contribution in [1.29, 1.82) is 5.26 Å². The lowest BCUT2D eigenvalue weighted by Gasteiger charge is -2.09. The molecule has 0 aliphatic rings. The highest BCUT2D eigenvalue weighted by Gasteiger charge is 2.15. The van der Waals surface area contributed by atoms with Crippen molar-refractivity contribution in [2.75, 3.05) is 5.32 Å². The van der Waals surface area contributed by atoms with Crippen LogP contribution in [0.25, 0.3) is 6.08 Å². The minimum absolute atomic E-state index is 0.0600. The number of nitrogens with zero attached hydrogens (tertiary/aromatic N) is 1. The zero-order valence-corrected chi connectivity index (χ0v) is 17.3. The number of para-hydroxylation sites is 1. The van der Waals surface area contributed by atoms with E-state index >= 15 is 0 Å². The zero-order chi connectivity index (χ0) is 23.1. The quantitative estimate of drug-likeness (QED) is 0.375. The Balaban J connectivity index is 1.71. The summed E-state index contributed by atoms with van der Waals surface area (Å²) in [6, 6.07) is 18.5. The summed E-state index contributed by atoms with van der Waals surface area (Å²) in [6.45, 7) is -0.0600. The topological polar surface area (TPSA) is 99.4 Å². The normalized spacial score (nSPS) is 10.8. The van der Waals surface area contributed by atoms with Crippen LogP contribution in [-0.4, -0.2) is 17.0 Å². The standard InChI is InChI=1S/C24H16ClFN2O4/c25-20-5-3-6-21(26)19(20)14-32-17-10-8-15(9-11-17)12-16(13-27)23(29)28-22-7-2-1-4-18(22)24(30)31/h1-12H,14H2,(H,28,29)(H,30,31). The molecular formula is C24H16ClFN2O4. The summed E-state index contributed by atoms with van der Waals surface area (Å²) in [6.07, 6.45) is 1.36. The summed E-state index contributed by atoms with van der Waals surface area (Å²) in [5.74, 6) is -1.96. The van der Waals surface area contributed by atoms with E-state index in [-0.39, 0.29) is 34.0 Å². The SMILES string of the molecule is N#CC(=Cc1ccc(OCc2c(F)cccc2Cl)cc1)C(=O)Nc1ccccc1C(=O)O. The molecule has 1 amide bonds. The van der Waals surface area contributed by atoms with Crippen molar-refractivity contribution in [3.8, 4) is 11.8 Å². The largest absolute Gasteiger partial charge is 0.489 e. The number of carboxylic acid groups (broad SMARTS) is 1. The number of nitriles is 1. The first-order valence-corrected chi connectivity index (χ1v) is 9.68. The van der Waals surface area contributed by atoms with Crippen molar-refractivity contribution in [1.82, 2.24) is 0 Å². The van der Waals surface area contributed by atoms with E-state index < -0.39 is 17.7 Å². The Morgan fingerprint density at radius 1 is 1.09 bits per heavy atom. The first kappa shape index (κ1) is 22.5. The van der Waals surface area contributed by atoms with Crippen LogP contribution < -0.4 is 10.1 Å². The third-order valence-electron chi connectivity index (χ3n) is 4.41. The van der Waals surface area contributed by atoms with Crippen LogP contribution in [0.2, 0.25) is 5.02 Å². The molecule has 0 radical (unpaired) electrons. The molecule has 0 atom stereocenters. The smallest absolute Gasteiger partial charge is 0.337 e. The second-order valence-electron chi connectivity index (χ2n) is 6.53. The van der Waals surface area contributed by atoms with Gasteiger partial charge in [-0.3, -0.25) is 4.79 Å². The van der Waals surface area contributed by atoms with Crippen LogP contribution in [0.4, 0.5) is 10.1 Å². The van der Waals surface area contributed by atoms with Crippen molar-refractivity contribution in [2.24, 2.45) is 0 Å². The van der Waals surface area contributed by atoms with Gasteiger partial charge in [0.1, 0.15) is 29.8 Å². The summed E-state index contributed by atoms with van der Waals surface area (Å²) >= 11 is 5.98. The molecule has 160 valence electrons. The van der Waals surface area contributed by atoms with E-state index in [0.717, 1.165) is 0 Å². The molecule has 32 heavy (non-hydrogen) atoms. The van der Waals surface area contributed by atoms with Crippen molar-refractivity contribution in [3.05, 3.63) is 99.8 Å². The number of amides is 1. The zero-order valence-electron chi connectivity index (χ0n) is 16.5. The molecule has 8 heteroatoms. The molecule has 3 rings (SSSR count). The second-order valence-corrected chi connectivity index (χ2v) is 6.94. The molecule has 0 saturated heterocycles. The molecule has 0 saturated carbocycles. The molecule has 3 aromatic rings. The number of carboxylic acids is 1. The molecular weight excluding hydrogens is 435 g/mol. The Morgan fingerprint density at radius 3 is 2.47 bits per heavy atom. The monoisotopic (exact) mass is 450 g/mol. The molecule has 0 aromatic heterocycles. The van der Waals surface area contributed by atoms with Crippen LogP contribution in [0.5, 0.6) is 5.75 Å². The maximum Gasteiger partial charge on any atom is 0.337 e. The van der Waals surface area contributed by atoms with Gasteiger partial charge in [-0.2, -0.15) is 5.26 Å². The van der Waals surface area contributed by atoms with Gasteiger partial charge in [0.05, 0.1) is 16.3 Å². The number of ether oxygens (including phenoxy) is 1. The van der Waals surface area contributed by atoms with Crippen molar-refractivity contribution < 1.29 is 23.8 Å². The maximum atomic E-state index is 13.8. The van der Waals surface area contributed by atoms with Crippen LogP contribution in [0.15, 0.2) is 72.3 Å². The Hall–Kier alpha value is -4.15. The lowest BCUT2D eigenvalue weighted by atomic mass is 10.1. The third kappa shape index (κ3) is 5.50. The van der Waals surface area contributed by atoms with Crippen molar-refractivity contribution in [2.45, 2.75) is 6.61 Å². The maximum absolute atomic E-state index is 13.8. The minimum atomic E-state index is -1.20. The van der Waals surface area contributed by atoms with Crippen LogP contribution >= 0.6 is 11.6 Å². The Bertz CT molecular complexity index is 1210. The van der Waals surface area contributed by atoms with Gasteiger partial charge in [-0.25, -0.2) is 9.18 Å². The lowest BCUT2D eigenvalue weighted by molar-refractivity contribution is -0.112. The molecule has 0 unspecified atom stereocenters. The summed E-state index contributed by atoms with van der Waals surface area (Å²) in [7, 11) is 0. The van der Waals surface area contributed by atoms with Crippen LogP contribution in [0, 0.1) is 17.1 Å². The number of benzene rings is 3. The molecule has 0 fully saturated rings. The molecule has 0 aliphatic heterocycles. The van der Waals surface area contributed by atoms with Crippen molar-refractivity contribution >= 4 is 35.2 Å². The van der Waals surface area contributed by atoms with Gasteiger partial charge in [-0.1, -0.05) is 41.9 Å². The lowest BCUT2D eigenvalue weighted by Crippen LogP contribution is -2.16. The van der Waals surface area contributed by atoms with E-state index in [1.165, 1.54) is 36.4 Å². The van der Waals surface area contributed by atoms with Crippen LogP contribution in [0.3, 0.4) is 0 Å². The van der Waals surface area contributed by atoms with Gasteiger partial charge < -0.3 is 15.2 Å². The van der Waals surface area contributed by atoms with Gasteiger partial charge in [0, 0.05) is 5.56 Å².